The zero-order valence-corrected chi connectivity index (χ0v) is 9.33. The Morgan fingerprint density at radius 3 is 2.40 bits per heavy atom. The van der Waals surface area contributed by atoms with Crippen LogP contribution >= 0.6 is 0 Å². The Morgan fingerprint density at radius 1 is 1.00 bits per heavy atom. The molecule has 1 radical (unpaired) electrons. The molecule has 2 nitrogen and oxygen atoms in total. The van der Waals surface area contributed by atoms with Crippen molar-refractivity contribution >= 4 is 0 Å². The van der Waals surface area contributed by atoms with Crippen LogP contribution in [0.25, 0.3) is 0 Å². The summed E-state index contributed by atoms with van der Waals surface area (Å²) in [5.41, 5.74) is 0. The van der Waals surface area contributed by atoms with Gasteiger partial charge in [-0.25, -0.2) is 9.50 Å². The second-order valence-electron chi connectivity index (χ2n) is 5.01. The molecule has 0 spiro atoms. The van der Waals surface area contributed by atoms with Gasteiger partial charge in [0.05, 0.1) is 6.10 Å². The molecule has 2 rings (SSSR count). The van der Waals surface area contributed by atoms with E-state index in [4.69, 9.17) is 0 Å². The van der Waals surface area contributed by atoms with E-state index in [1.165, 1.54) is 0 Å². The molecule has 0 amide bonds. The van der Waals surface area contributed by atoms with Crippen LogP contribution in [0.1, 0.15) is 44.9 Å². The summed E-state index contributed by atoms with van der Waals surface area (Å²) < 4.78 is 13.4. The lowest BCUT2D eigenvalue weighted by Crippen LogP contribution is -2.43. The Kier molecular flexibility index (Phi) is 3.98. The van der Waals surface area contributed by atoms with Gasteiger partial charge in [-0.2, -0.15) is 0 Å². The van der Waals surface area contributed by atoms with Gasteiger partial charge in [0, 0.05) is 19.1 Å². The summed E-state index contributed by atoms with van der Waals surface area (Å²) in [6.45, 7) is 1.79. The molecular formula is C12H21FNO. The summed E-state index contributed by atoms with van der Waals surface area (Å²) >= 11 is 0. The van der Waals surface area contributed by atoms with Crippen molar-refractivity contribution in [3.63, 3.8) is 0 Å². The number of rotatable bonds is 1. The maximum atomic E-state index is 13.4. The lowest BCUT2D eigenvalue weighted by molar-refractivity contribution is 0.0103. The quantitative estimate of drug-likeness (QED) is 0.615. The molecule has 1 aliphatic carbocycles. The first-order valence-corrected chi connectivity index (χ1v) is 6.29. The Labute approximate surface area is 91.5 Å². The molecular weight excluding hydrogens is 193 g/mol. The van der Waals surface area contributed by atoms with Crippen molar-refractivity contribution in [2.24, 2.45) is 0 Å². The maximum absolute atomic E-state index is 13.4. The maximum Gasteiger partial charge on any atom is 0.102 e. The van der Waals surface area contributed by atoms with E-state index in [1.807, 2.05) is 0 Å². The predicted octanol–water partition coefficient (Wildman–Crippen LogP) is 2.55. The van der Waals surface area contributed by atoms with Crippen LogP contribution in [0.2, 0.25) is 0 Å². The standard InChI is InChI=1S/C12H21FNO/c13-10-3-1-2-4-11(9-10)14-7-5-12(15)6-8-14/h10-12H,1-9H2. The van der Waals surface area contributed by atoms with Crippen molar-refractivity contribution in [1.82, 2.24) is 4.90 Å². The molecule has 0 bridgehead atoms. The average molecular weight is 214 g/mol. The minimum absolute atomic E-state index is 0.367. The van der Waals surface area contributed by atoms with Crippen molar-refractivity contribution in [1.29, 1.82) is 0 Å². The lowest BCUT2D eigenvalue weighted by Gasteiger charge is -2.35. The van der Waals surface area contributed by atoms with Crippen LogP contribution in [0.3, 0.4) is 0 Å². The summed E-state index contributed by atoms with van der Waals surface area (Å²) in [5.74, 6) is 0. The topological polar surface area (TPSA) is 23.1 Å². The fourth-order valence-corrected chi connectivity index (χ4v) is 2.85. The Morgan fingerprint density at radius 2 is 1.67 bits per heavy atom. The van der Waals surface area contributed by atoms with E-state index in [0.717, 1.165) is 51.6 Å². The first kappa shape index (κ1) is 11.3. The number of piperidine rings is 1. The minimum Gasteiger partial charge on any atom is -0.300 e. The monoisotopic (exact) mass is 214 g/mol. The molecule has 1 saturated carbocycles. The Balaban J connectivity index is 1.85. The summed E-state index contributed by atoms with van der Waals surface area (Å²) in [6, 6.07) is 0.412. The Bertz CT molecular complexity index is 192. The van der Waals surface area contributed by atoms with E-state index in [0.29, 0.717) is 12.5 Å². The average Bonchev–Trinajstić information content (AvgIpc) is 2.44. The number of nitrogens with zero attached hydrogens (tertiary/aromatic N) is 1. The Hall–Kier alpha value is -0.150. The molecule has 0 aromatic rings. The van der Waals surface area contributed by atoms with Crippen molar-refractivity contribution in [2.75, 3.05) is 13.1 Å². The van der Waals surface area contributed by atoms with E-state index < -0.39 is 6.17 Å². The second-order valence-corrected chi connectivity index (χ2v) is 5.01. The van der Waals surface area contributed by atoms with E-state index in [9.17, 15) is 9.50 Å². The number of likely N-dealkylation sites (tertiary alicyclic amines) is 1. The van der Waals surface area contributed by atoms with Gasteiger partial charge in [0.25, 0.3) is 0 Å². The number of alkyl halides is 1. The minimum atomic E-state index is -0.609. The van der Waals surface area contributed by atoms with E-state index in [2.05, 4.69) is 4.90 Å². The van der Waals surface area contributed by atoms with Gasteiger partial charge in [-0.1, -0.05) is 12.8 Å². The van der Waals surface area contributed by atoms with Gasteiger partial charge >= 0.3 is 0 Å². The zero-order chi connectivity index (χ0) is 10.7. The molecule has 2 unspecified atom stereocenters. The van der Waals surface area contributed by atoms with Gasteiger partial charge in [-0.05, 0) is 32.1 Å². The third kappa shape index (κ3) is 3.15. The molecule has 2 atom stereocenters. The highest BCUT2D eigenvalue weighted by Crippen LogP contribution is 2.26. The third-order valence-electron chi connectivity index (χ3n) is 3.83. The lowest BCUT2D eigenvalue weighted by atomic mass is 10.0. The van der Waals surface area contributed by atoms with Gasteiger partial charge in [0.2, 0.25) is 0 Å². The van der Waals surface area contributed by atoms with E-state index in [1.54, 1.807) is 0 Å². The molecule has 0 N–H and O–H groups in total. The number of hydrogen-bond donors (Lipinski definition) is 0. The van der Waals surface area contributed by atoms with Crippen LogP contribution in [0.5, 0.6) is 0 Å². The molecule has 0 aromatic carbocycles. The van der Waals surface area contributed by atoms with Crippen LogP contribution in [0.15, 0.2) is 0 Å². The first-order chi connectivity index (χ1) is 7.25. The molecule has 2 fully saturated rings. The normalized spacial score (nSPS) is 36.4. The van der Waals surface area contributed by atoms with Crippen LogP contribution in [-0.4, -0.2) is 36.3 Å². The molecule has 1 heterocycles. The van der Waals surface area contributed by atoms with Crippen LogP contribution in [-0.2, 0) is 5.11 Å². The summed E-state index contributed by atoms with van der Waals surface area (Å²) in [6.07, 6.45) is 5.30. The van der Waals surface area contributed by atoms with E-state index >= 15 is 0 Å². The van der Waals surface area contributed by atoms with Crippen molar-refractivity contribution in [3.8, 4) is 0 Å². The molecule has 3 heteroatoms. The summed E-state index contributed by atoms with van der Waals surface area (Å²) in [7, 11) is 0. The number of halogens is 1. The van der Waals surface area contributed by atoms with Gasteiger partial charge in [-0.3, -0.25) is 0 Å². The highest BCUT2D eigenvalue weighted by molar-refractivity contribution is 4.82. The summed E-state index contributed by atoms with van der Waals surface area (Å²) in [4.78, 5) is 2.35. The molecule has 1 aliphatic heterocycles. The molecule has 0 aromatic heterocycles. The molecule has 1 saturated heterocycles. The zero-order valence-electron chi connectivity index (χ0n) is 9.33. The predicted molar refractivity (Wildman–Crippen MR) is 57.1 cm³/mol. The van der Waals surface area contributed by atoms with E-state index in [-0.39, 0.29) is 6.10 Å². The highest BCUT2D eigenvalue weighted by Gasteiger charge is 2.28. The SMILES string of the molecule is [O]C1CCN(C2CCCCC(F)C2)CC1. The van der Waals surface area contributed by atoms with Crippen molar-refractivity contribution < 1.29 is 9.50 Å². The van der Waals surface area contributed by atoms with Gasteiger partial charge in [0.15, 0.2) is 0 Å². The van der Waals surface area contributed by atoms with Gasteiger partial charge in [-0.15, -0.1) is 0 Å². The largest absolute Gasteiger partial charge is 0.300 e. The first-order valence-electron chi connectivity index (χ1n) is 6.29. The molecule has 15 heavy (non-hydrogen) atoms. The van der Waals surface area contributed by atoms with Crippen molar-refractivity contribution in [2.45, 2.75) is 63.3 Å². The third-order valence-corrected chi connectivity index (χ3v) is 3.83. The van der Waals surface area contributed by atoms with Gasteiger partial charge < -0.3 is 4.90 Å². The van der Waals surface area contributed by atoms with Crippen LogP contribution < -0.4 is 0 Å². The summed E-state index contributed by atoms with van der Waals surface area (Å²) in [5, 5.41) is 11.2. The van der Waals surface area contributed by atoms with Crippen molar-refractivity contribution in [3.05, 3.63) is 0 Å². The highest BCUT2D eigenvalue weighted by atomic mass is 19.1. The molecule has 87 valence electrons. The fourth-order valence-electron chi connectivity index (χ4n) is 2.85. The second kappa shape index (κ2) is 5.26. The van der Waals surface area contributed by atoms with Gasteiger partial charge in [0.1, 0.15) is 6.17 Å². The fraction of sp³-hybridized carbons (Fsp3) is 1.00. The number of hydrogen-bond acceptors (Lipinski definition) is 1. The van der Waals surface area contributed by atoms with Crippen LogP contribution in [0.4, 0.5) is 4.39 Å². The van der Waals surface area contributed by atoms with Crippen LogP contribution in [0, 0.1) is 0 Å². The smallest absolute Gasteiger partial charge is 0.102 e. The molecule has 2 aliphatic rings.